The molecule has 1 unspecified atom stereocenters. The van der Waals surface area contributed by atoms with Gasteiger partial charge >= 0.3 is 5.69 Å². The molecule has 0 spiro atoms. The summed E-state index contributed by atoms with van der Waals surface area (Å²) in [5, 5.41) is 14.2. The molecule has 0 radical (unpaired) electrons. The van der Waals surface area contributed by atoms with E-state index in [4.69, 9.17) is 0 Å². The van der Waals surface area contributed by atoms with Gasteiger partial charge in [0.1, 0.15) is 0 Å². The first-order chi connectivity index (χ1) is 9.38. The van der Waals surface area contributed by atoms with Crippen LogP contribution in [0.3, 0.4) is 0 Å². The number of aryl methyl sites for hydroxylation is 2. The number of rotatable bonds is 4. The first kappa shape index (κ1) is 14.9. The third-order valence-electron chi connectivity index (χ3n) is 2.93. The minimum atomic E-state index is -0.432. The van der Waals surface area contributed by atoms with Crippen LogP contribution in [-0.4, -0.2) is 9.91 Å². The predicted octanol–water partition coefficient (Wildman–Crippen LogP) is 4.60. The average Bonchev–Trinajstić information content (AvgIpc) is 2.70. The van der Waals surface area contributed by atoms with Crippen molar-refractivity contribution in [3.8, 4) is 0 Å². The number of aromatic nitrogens is 1. The second-order valence-electron chi connectivity index (χ2n) is 4.51. The summed E-state index contributed by atoms with van der Waals surface area (Å²) in [6.07, 6.45) is 1.55. The van der Waals surface area contributed by atoms with Gasteiger partial charge in [-0.3, -0.25) is 10.1 Å². The molecule has 0 bridgehead atoms. The zero-order valence-corrected chi connectivity index (χ0v) is 13.7. The summed E-state index contributed by atoms with van der Waals surface area (Å²) in [7, 11) is 0. The van der Waals surface area contributed by atoms with E-state index in [1.165, 1.54) is 15.8 Å². The molecule has 2 aromatic rings. The lowest BCUT2D eigenvalue weighted by Crippen LogP contribution is -2.10. The normalized spacial score (nSPS) is 12.2. The van der Waals surface area contributed by atoms with Crippen molar-refractivity contribution in [2.45, 2.75) is 26.8 Å². The standard InChI is InChI=1S/C13H14BrN3O2S/c1-7-4-11(9(3)20-7)8(2)16-13-12(17(18)19)5-10(14)6-15-13/h4-6,8H,1-3H3,(H,15,16). The Bertz CT molecular complexity index is 657. The summed E-state index contributed by atoms with van der Waals surface area (Å²) in [6.45, 7) is 6.07. The first-order valence-electron chi connectivity index (χ1n) is 6.02. The molecule has 20 heavy (non-hydrogen) atoms. The molecule has 0 aliphatic rings. The van der Waals surface area contributed by atoms with Crippen molar-refractivity contribution in [2.75, 3.05) is 5.32 Å². The van der Waals surface area contributed by atoms with E-state index in [0.717, 1.165) is 5.56 Å². The van der Waals surface area contributed by atoms with Gasteiger partial charge in [0.2, 0.25) is 5.82 Å². The van der Waals surface area contributed by atoms with Crippen LogP contribution in [0.1, 0.15) is 28.3 Å². The molecule has 0 amide bonds. The third kappa shape index (κ3) is 3.16. The van der Waals surface area contributed by atoms with Crippen molar-refractivity contribution >= 4 is 38.8 Å². The van der Waals surface area contributed by atoms with E-state index >= 15 is 0 Å². The lowest BCUT2D eigenvalue weighted by molar-refractivity contribution is -0.384. The van der Waals surface area contributed by atoms with Crippen LogP contribution in [0.2, 0.25) is 0 Å². The van der Waals surface area contributed by atoms with Gasteiger partial charge in [0.15, 0.2) is 0 Å². The predicted molar refractivity (Wildman–Crippen MR) is 84.4 cm³/mol. The van der Waals surface area contributed by atoms with E-state index in [2.05, 4.69) is 39.2 Å². The molecule has 1 atom stereocenters. The van der Waals surface area contributed by atoms with Gasteiger partial charge in [0.05, 0.1) is 11.0 Å². The summed E-state index contributed by atoms with van der Waals surface area (Å²) in [5.41, 5.74) is 1.11. The molecule has 0 aromatic carbocycles. The molecule has 2 rings (SSSR count). The minimum Gasteiger partial charge on any atom is -0.358 e. The van der Waals surface area contributed by atoms with Crippen LogP contribution >= 0.6 is 27.3 Å². The van der Waals surface area contributed by atoms with E-state index < -0.39 is 4.92 Å². The molecule has 1 N–H and O–H groups in total. The highest BCUT2D eigenvalue weighted by molar-refractivity contribution is 9.10. The number of thiophene rings is 1. The summed E-state index contributed by atoms with van der Waals surface area (Å²) in [5.74, 6) is 0.286. The first-order valence-corrected chi connectivity index (χ1v) is 7.63. The fourth-order valence-electron chi connectivity index (χ4n) is 2.04. The lowest BCUT2D eigenvalue weighted by Gasteiger charge is -2.14. The van der Waals surface area contributed by atoms with Crippen molar-refractivity contribution in [3.05, 3.63) is 48.2 Å². The number of nitrogens with one attached hydrogen (secondary N) is 1. The van der Waals surface area contributed by atoms with Crippen molar-refractivity contribution in [2.24, 2.45) is 0 Å². The summed E-state index contributed by atoms with van der Waals surface area (Å²) >= 11 is 4.92. The van der Waals surface area contributed by atoms with Gasteiger partial charge in [-0.25, -0.2) is 4.98 Å². The quantitative estimate of drug-likeness (QED) is 0.642. The van der Waals surface area contributed by atoms with Crippen LogP contribution < -0.4 is 5.32 Å². The smallest absolute Gasteiger partial charge is 0.312 e. The number of hydrogen-bond donors (Lipinski definition) is 1. The van der Waals surface area contributed by atoms with Crippen LogP contribution in [-0.2, 0) is 0 Å². The van der Waals surface area contributed by atoms with Crippen LogP contribution in [0.15, 0.2) is 22.8 Å². The fraction of sp³-hybridized carbons (Fsp3) is 0.308. The molecule has 5 nitrogen and oxygen atoms in total. The Morgan fingerprint density at radius 1 is 1.45 bits per heavy atom. The van der Waals surface area contributed by atoms with Crippen molar-refractivity contribution in [3.63, 3.8) is 0 Å². The molecule has 7 heteroatoms. The monoisotopic (exact) mass is 355 g/mol. The van der Waals surface area contributed by atoms with E-state index in [9.17, 15) is 10.1 Å². The summed E-state index contributed by atoms with van der Waals surface area (Å²) < 4.78 is 0.588. The number of anilines is 1. The van der Waals surface area contributed by atoms with Gasteiger partial charge in [-0.2, -0.15) is 0 Å². The molecular weight excluding hydrogens is 342 g/mol. The number of nitrogens with zero attached hydrogens (tertiary/aromatic N) is 2. The Labute approximate surface area is 129 Å². The highest BCUT2D eigenvalue weighted by Gasteiger charge is 2.19. The Balaban J connectivity index is 2.30. The zero-order valence-electron chi connectivity index (χ0n) is 11.3. The van der Waals surface area contributed by atoms with Crippen molar-refractivity contribution < 1.29 is 4.92 Å². The van der Waals surface area contributed by atoms with Gasteiger partial charge in [-0.05, 0) is 48.3 Å². The maximum atomic E-state index is 11.1. The maximum absolute atomic E-state index is 11.1. The van der Waals surface area contributed by atoms with Crippen LogP contribution in [0.5, 0.6) is 0 Å². The van der Waals surface area contributed by atoms with Gasteiger partial charge in [0.25, 0.3) is 0 Å². The lowest BCUT2D eigenvalue weighted by atomic mass is 10.1. The van der Waals surface area contributed by atoms with Crippen LogP contribution in [0.25, 0.3) is 0 Å². The van der Waals surface area contributed by atoms with Crippen molar-refractivity contribution in [1.29, 1.82) is 0 Å². The molecular formula is C13H14BrN3O2S. The highest BCUT2D eigenvalue weighted by atomic mass is 79.9. The van der Waals surface area contributed by atoms with E-state index in [-0.39, 0.29) is 17.5 Å². The Morgan fingerprint density at radius 2 is 2.15 bits per heavy atom. The average molecular weight is 356 g/mol. The molecule has 0 saturated carbocycles. The minimum absolute atomic E-state index is 0.0316. The Hall–Kier alpha value is -1.47. The van der Waals surface area contributed by atoms with Gasteiger partial charge in [0, 0.05) is 26.5 Å². The molecule has 0 fully saturated rings. The second-order valence-corrected chi connectivity index (χ2v) is 6.89. The molecule has 106 valence electrons. The topological polar surface area (TPSA) is 68.1 Å². The van der Waals surface area contributed by atoms with Crippen LogP contribution in [0.4, 0.5) is 11.5 Å². The molecule has 2 heterocycles. The van der Waals surface area contributed by atoms with E-state index in [1.54, 1.807) is 17.5 Å². The zero-order chi connectivity index (χ0) is 14.9. The SMILES string of the molecule is Cc1cc(C(C)Nc2ncc(Br)cc2[N+](=O)[O-])c(C)s1. The van der Waals surface area contributed by atoms with Gasteiger partial charge in [-0.15, -0.1) is 11.3 Å². The number of hydrogen-bond acceptors (Lipinski definition) is 5. The third-order valence-corrected chi connectivity index (χ3v) is 4.35. The van der Waals surface area contributed by atoms with E-state index in [1.807, 2.05) is 13.8 Å². The highest BCUT2D eigenvalue weighted by Crippen LogP contribution is 2.31. The molecule has 0 saturated heterocycles. The number of pyridine rings is 1. The maximum Gasteiger partial charge on any atom is 0.312 e. The summed E-state index contributed by atoms with van der Waals surface area (Å²) in [6, 6.07) is 3.52. The molecule has 2 aromatic heterocycles. The fourth-order valence-corrected chi connectivity index (χ4v) is 3.38. The Kier molecular flexibility index (Phi) is 4.39. The molecule has 0 aliphatic carbocycles. The molecule has 0 aliphatic heterocycles. The van der Waals surface area contributed by atoms with Gasteiger partial charge in [-0.1, -0.05) is 0 Å². The largest absolute Gasteiger partial charge is 0.358 e. The van der Waals surface area contributed by atoms with Crippen molar-refractivity contribution in [1.82, 2.24) is 4.98 Å². The number of nitro groups is 1. The number of halogens is 1. The van der Waals surface area contributed by atoms with Gasteiger partial charge < -0.3 is 5.32 Å². The summed E-state index contributed by atoms with van der Waals surface area (Å²) in [4.78, 5) is 17.2. The van der Waals surface area contributed by atoms with E-state index in [0.29, 0.717) is 4.47 Å². The second kappa shape index (κ2) is 5.88. The Morgan fingerprint density at radius 3 is 2.70 bits per heavy atom. The van der Waals surface area contributed by atoms with Crippen LogP contribution in [0, 0.1) is 24.0 Å².